The van der Waals surface area contributed by atoms with Crippen molar-refractivity contribution in [3.63, 3.8) is 0 Å². The second-order valence-corrected chi connectivity index (χ2v) is 1.46. The molecule has 8 nitrogen and oxygen atoms in total. The highest BCUT2D eigenvalue weighted by molar-refractivity contribution is 5.79. The molecule has 3 N–H and O–H groups in total. The van der Waals surface area contributed by atoms with E-state index in [9.17, 15) is 4.79 Å². The van der Waals surface area contributed by atoms with Gasteiger partial charge in [0, 0.05) is 0 Å². The number of nitrogens with one attached hydrogen (secondary N) is 3. The van der Waals surface area contributed by atoms with Crippen LogP contribution in [0, 0.1) is 16.6 Å². The van der Waals surface area contributed by atoms with Crippen molar-refractivity contribution in [1.29, 1.82) is 16.6 Å². The molecule has 0 spiro atoms. The second-order valence-electron chi connectivity index (χ2n) is 1.46. The van der Waals surface area contributed by atoms with Crippen LogP contribution in [-0.2, 0) is 9.53 Å². The van der Waals surface area contributed by atoms with Gasteiger partial charge in [-0.15, -0.1) is 15.3 Å². The number of ether oxygens (including phenoxy) is 1. The average Bonchev–Trinajstić information content (AvgIpc) is 2.08. The van der Waals surface area contributed by atoms with E-state index in [0.29, 0.717) is 0 Å². The highest BCUT2D eigenvalue weighted by Crippen LogP contribution is 2.15. The van der Waals surface area contributed by atoms with Crippen LogP contribution in [0.3, 0.4) is 0 Å². The third kappa shape index (κ3) is 1.39. The first kappa shape index (κ1) is 9.27. The molecule has 0 saturated heterocycles. The van der Waals surface area contributed by atoms with Crippen LogP contribution in [0.4, 0.5) is 0 Å². The van der Waals surface area contributed by atoms with Crippen LogP contribution in [-0.4, -0.2) is 18.9 Å². The SMILES string of the molecule is COC(=O)C(N=N)(N=N)N=N. The van der Waals surface area contributed by atoms with Crippen molar-refractivity contribution in [3.05, 3.63) is 0 Å². The lowest BCUT2D eigenvalue weighted by atomic mass is 10.4. The number of hydrogen-bond acceptors (Lipinski definition) is 8. The minimum absolute atomic E-state index is 1.03. The maximum absolute atomic E-state index is 10.7. The van der Waals surface area contributed by atoms with Gasteiger partial charge in [-0.25, -0.2) is 21.4 Å². The summed E-state index contributed by atoms with van der Waals surface area (Å²) in [4.78, 5) is 10.7. The van der Waals surface area contributed by atoms with Gasteiger partial charge in [0.25, 0.3) is 0 Å². The summed E-state index contributed by atoms with van der Waals surface area (Å²) in [5.74, 6) is -3.48. The Morgan fingerprint density at radius 2 is 1.64 bits per heavy atom. The molecule has 0 unspecified atom stereocenters. The third-order valence-electron chi connectivity index (χ3n) is 0.927. The Bertz CT molecular complexity index is 178. The minimum Gasteiger partial charge on any atom is -0.464 e. The van der Waals surface area contributed by atoms with Gasteiger partial charge in [0.2, 0.25) is 0 Å². The molecule has 0 saturated carbocycles. The molecule has 0 aromatic heterocycles. The molecule has 0 heterocycles. The standard InChI is InChI=1S/C3H6N6O2/c1-11-2(10)3(7-4,8-5)9-6/h4-6H,1H3. The molecule has 0 amide bonds. The van der Waals surface area contributed by atoms with Crippen molar-refractivity contribution in [1.82, 2.24) is 0 Å². The third-order valence-corrected chi connectivity index (χ3v) is 0.927. The Morgan fingerprint density at radius 3 is 1.73 bits per heavy atom. The topological polar surface area (TPSA) is 135 Å². The number of esters is 1. The molecule has 60 valence electrons. The Morgan fingerprint density at radius 1 is 1.27 bits per heavy atom. The maximum atomic E-state index is 10.7. The number of methoxy groups -OCH3 is 1. The molecule has 0 aromatic rings. The zero-order valence-corrected chi connectivity index (χ0v) is 5.66. The van der Waals surface area contributed by atoms with Gasteiger partial charge in [-0.2, -0.15) is 0 Å². The van der Waals surface area contributed by atoms with Crippen LogP contribution in [0.5, 0.6) is 0 Å². The summed E-state index contributed by atoms with van der Waals surface area (Å²) in [7, 11) is 1.03. The Hall–Kier alpha value is -1.73. The molecule has 0 atom stereocenters. The highest BCUT2D eigenvalue weighted by atomic mass is 16.5. The van der Waals surface area contributed by atoms with E-state index in [4.69, 9.17) is 16.6 Å². The zero-order chi connectivity index (χ0) is 8.91. The Kier molecular flexibility index (Phi) is 2.90. The number of carbonyl (C=O) groups is 1. The lowest BCUT2D eigenvalue weighted by molar-refractivity contribution is -0.147. The van der Waals surface area contributed by atoms with E-state index in [1.807, 2.05) is 0 Å². The fourth-order valence-electron chi connectivity index (χ4n) is 0.349. The van der Waals surface area contributed by atoms with E-state index < -0.39 is 11.8 Å². The first-order chi connectivity index (χ1) is 5.16. The molecule has 0 rings (SSSR count). The quantitative estimate of drug-likeness (QED) is 0.414. The van der Waals surface area contributed by atoms with Crippen LogP contribution in [0.1, 0.15) is 0 Å². The minimum atomic E-state index is -2.35. The van der Waals surface area contributed by atoms with Crippen molar-refractivity contribution in [3.8, 4) is 0 Å². The molecule has 0 aromatic carbocycles. The van der Waals surface area contributed by atoms with Gasteiger partial charge in [0.1, 0.15) is 0 Å². The van der Waals surface area contributed by atoms with Crippen molar-refractivity contribution >= 4 is 5.97 Å². The average molecular weight is 158 g/mol. The van der Waals surface area contributed by atoms with Crippen LogP contribution in [0.25, 0.3) is 0 Å². The van der Waals surface area contributed by atoms with E-state index in [-0.39, 0.29) is 0 Å². The lowest BCUT2D eigenvalue weighted by Crippen LogP contribution is -2.32. The fourth-order valence-corrected chi connectivity index (χ4v) is 0.349. The van der Waals surface area contributed by atoms with Gasteiger partial charge in [0.05, 0.1) is 7.11 Å². The number of nitrogens with zero attached hydrogens (tertiary/aromatic N) is 3. The van der Waals surface area contributed by atoms with Crippen LogP contribution < -0.4 is 0 Å². The Balaban J connectivity index is 4.81. The van der Waals surface area contributed by atoms with E-state index >= 15 is 0 Å². The van der Waals surface area contributed by atoms with E-state index in [1.54, 1.807) is 0 Å². The molecular weight excluding hydrogens is 152 g/mol. The van der Waals surface area contributed by atoms with Gasteiger partial charge < -0.3 is 4.74 Å². The van der Waals surface area contributed by atoms with Crippen LogP contribution >= 0.6 is 0 Å². The monoisotopic (exact) mass is 158 g/mol. The number of carbonyl (C=O) groups excluding carboxylic acids is 1. The van der Waals surface area contributed by atoms with Gasteiger partial charge in [-0.05, 0) is 0 Å². The van der Waals surface area contributed by atoms with Crippen molar-refractivity contribution in [2.75, 3.05) is 7.11 Å². The predicted octanol–water partition coefficient (Wildman–Crippen LogP) is 0.906. The van der Waals surface area contributed by atoms with E-state index in [1.165, 1.54) is 0 Å². The van der Waals surface area contributed by atoms with Gasteiger partial charge >= 0.3 is 11.8 Å². The molecule has 8 heteroatoms. The van der Waals surface area contributed by atoms with Crippen molar-refractivity contribution in [2.24, 2.45) is 15.3 Å². The molecule has 0 radical (unpaired) electrons. The molecule has 0 aliphatic rings. The van der Waals surface area contributed by atoms with Crippen molar-refractivity contribution < 1.29 is 9.53 Å². The summed E-state index contributed by atoms with van der Waals surface area (Å²) in [6.45, 7) is 0. The fraction of sp³-hybridized carbons (Fsp3) is 0.667. The van der Waals surface area contributed by atoms with Gasteiger partial charge in [-0.3, -0.25) is 0 Å². The lowest BCUT2D eigenvalue weighted by Gasteiger charge is -2.10. The van der Waals surface area contributed by atoms with Gasteiger partial charge in [0.15, 0.2) is 0 Å². The first-order valence-corrected chi connectivity index (χ1v) is 2.41. The smallest absolute Gasteiger partial charge is 0.396 e. The second kappa shape index (κ2) is 3.44. The molecule has 0 aliphatic carbocycles. The normalized spacial score (nSPS) is 14.3. The summed E-state index contributed by atoms with van der Waals surface area (Å²) in [5.41, 5.74) is 19.3. The van der Waals surface area contributed by atoms with Crippen LogP contribution in [0.15, 0.2) is 15.3 Å². The number of rotatable bonds is 4. The van der Waals surface area contributed by atoms with E-state index in [2.05, 4.69) is 20.1 Å². The first-order valence-electron chi connectivity index (χ1n) is 2.41. The highest BCUT2D eigenvalue weighted by Gasteiger charge is 2.40. The summed E-state index contributed by atoms with van der Waals surface area (Å²) >= 11 is 0. The van der Waals surface area contributed by atoms with Gasteiger partial charge in [-0.1, -0.05) is 0 Å². The maximum Gasteiger partial charge on any atom is 0.396 e. The number of hydrogen-bond donors (Lipinski definition) is 3. The zero-order valence-electron chi connectivity index (χ0n) is 5.66. The Labute approximate surface area is 61.5 Å². The predicted molar refractivity (Wildman–Crippen MR) is 30.2 cm³/mol. The van der Waals surface area contributed by atoms with Crippen LogP contribution in [0.2, 0.25) is 0 Å². The van der Waals surface area contributed by atoms with Crippen molar-refractivity contribution in [2.45, 2.75) is 5.79 Å². The molecule has 0 aliphatic heterocycles. The summed E-state index contributed by atoms with van der Waals surface area (Å²) < 4.78 is 4.11. The summed E-state index contributed by atoms with van der Waals surface area (Å²) in [6, 6.07) is 0. The summed E-state index contributed by atoms with van der Waals surface area (Å²) in [5, 5.41) is 7.78. The summed E-state index contributed by atoms with van der Waals surface area (Å²) in [6.07, 6.45) is 0. The molecule has 11 heavy (non-hydrogen) atoms. The molecule has 0 fully saturated rings. The molecule has 0 bridgehead atoms. The largest absolute Gasteiger partial charge is 0.464 e. The van der Waals surface area contributed by atoms with E-state index in [0.717, 1.165) is 7.11 Å². The molecular formula is C3H6N6O2.